The lowest BCUT2D eigenvalue weighted by atomic mass is 10.2. The molecule has 0 spiro atoms. The lowest BCUT2D eigenvalue weighted by Gasteiger charge is -2.16. The summed E-state index contributed by atoms with van der Waals surface area (Å²) in [6, 6.07) is 10.1. The summed E-state index contributed by atoms with van der Waals surface area (Å²) >= 11 is 5.72. The minimum atomic E-state index is -3.64. The zero-order valence-corrected chi connectivity index (χ0v) is 13.2. The van der Waals surface area contributed by atoms with Gasteiger partial charge in [-0.25, -0.2) is 13.4 Å². The topological polar surface area (TPSA) is 59.5 Å². The SMILES string of the molecule is COc1ccc(CN(C)S(=O)(=O)c2ccc(Cl)cn2)cc1. The smallest absolute Gasteiger partial charge is 0.260 e. The molecule has 0 saturated heterocycles. The van der Waals surface area contributed by atoms with Crippen LogP contribution < -0.4 is 4.74 Å². The van der Waals surface area contributed by atoms with Crippen LogP contribution in [0, 0.1) is 0 Å². The number of ether oxygens (including phenoxy) is 1. The highest BCUT2D eigenvalue weighted by Gasteiger charge is 2.22. The number of sulfonamides is 1. The van der Waals surface area contributed by atoms with Gasteiger partial charge in [0.15, 0.2) is 5.03 Å². The zero-order valence-electron chi connectivity index (χ0n) is 11.7. The molecular weight excluding hydrogens is 312 g/mol. The second kappa shape index (κ2) is 6.43. The van der Waals surface area contributed by atoms with E-state index >= 15 is 0 Å². The van der Waals surface area contributed by atoms with Crippen molar-refractivity contribution < 1.29 is 13.2 Å². The Labute approximate surface area is 129 Å². The van der Waals surface area contributed by atoms with Gasteiger partial charge in [0, 0.05) is 19.8 Å². The Morgan fingerprint density at radius 2 is 1.86 bits per heavy atom. The first-order valence-electron chi connectivity index (χ1n) is 6.14. The first kappa shape index (κ1) is 15.8. The Morgan fingerprint density at radius 3 is 2.38 bits per heavy atom. The van der Waals surface area contributed by atoms with Crippen LogP contribution in [0.2, 0.25) is 5.02 Å². The number of rotatable bonds is 5. The van der Waals surface area contributed by atoms with E-state index < -0.39 is 10.0 Å². The monoisotopic (exact) mass is 326 g/mol. The van der Waals surface area contributed by atoms with Crippen LogP contribution in [-0.4, -0.2) is 31.9 Å². The van der Waals surface area contributed by atoms with Crippen LogP contribution in [0.15, 0.2) is 47.6 Å². The van der Waals surface area contributed by atoms with Crippen LogP contribution in [0.3, 0.4) is 0 Å². The summed E-state index contributed by atoms with van der Waals surface area (Å²) in [6.45, 7) is 0.247. The Bertz CT molecular complexity index is 700. The predicted molar refractivity (Wildman–Crippen MR) is 80.9 cm³/mol. The number of aromatic nitrogens is 1. The van der Waals surface area contributed by atoms with E-state index in [0.717, 1.165) is 11.3 Å². The molecule has 0 radical (unpaired) electrons. The Hall–Kier alpha value is -1.63. The maximum absolute atomic E-state index is 12.4. The fraction of sp³-hybridized carbons (Fsp3) is 0.214. The summed E-state index contributed by atoms with van der Waals surface area (Å²) in [5, 5.41) is 0.370. The van der Waals surface area contributed by atoms with E-state index in [9.17, 15) is 8.42 Å². The summed E-state index contributed by atoms with van der Waals surface area (Å²) in [4.78, 5) is 3.86. The third-order valence-electron chi connectivity index (χ3n) is 2.94. The fourth-order valence-electron chi connectivity index (χ4n) is 1.75. The van der Waals surface area contributed by atoms with Crippen LogP contribution in [0.4, 0.5) is 0 Å². The molecule has 0 unspecified atom stereocenters. The van der Waals surface area contributed by atoms with E-state index in [4.69, 9.17) is 16.3 Å². The molecule has 0 saturated carbocycles. The van der Waals surface area contributed by atoms with Gasteiger partial charge in [0.2, 0.25) is 0 Å². The van der Waals surface area contributed by atoms with Gasteiger partial charge in [0.05, 0.1) is 12.1 Å². The number of nitrogens with zero attached hydrogens (tertiary/aromatic N) is 2. The third kappa shape index (κ3) is 3.72. The van der Waals surface area contributed by atoms with Gasteiger partial charge in [-0.1, -0.05) is 23.7 Å². The molecule has 0 aliphatic heterocycles. The van der Waals surface area contributed by atoms with Crippen molar-refractivity contribution in [2.75, 3.05) is 14.2 Å². The highest BCUT2D eigenvalue weighted by atomic mass is 35.5. The number of hydrogen-bond donors (Lipinski definition) is 0. The molecule has 7 heteroatoms. The molecule has 0 aliphatic rings. The van der Waals surface area contributed by atoms with Crippen molar-refractivity contribution in [2.24, 2.45) is 0 Å². The molecule has 0 N–H and O–H groups in total. The van der Waals surface area contributed by atoms with Crippen LogP contribution >= 0.6 is 11.6 Å². The normalized spacial score (nSPS) is 11.6. The molecule has 1 aromatic carbocycles. The van der Waals surface area contributed by atoms with Gasteiger partial charge >= 0.3 is 0 Å². The summed E-state index contributed by atoms with van der Waals surface area (Å²) in [5.41, 5.74) is 0.857. The standard InChI is InChI=1S/C14H15ClN2O3S/c1-17(10-11-3-6-13(20-2)7-4-11)21(18,19)14-8-5-12(15)9-16-14/h3-9H,10H2,1-2H3. The van der Waals surface area contributed by atoms with Gasteiger partial charge in [0.25, 0.3) is 10.0 Å². The lowest BCUT2D eigenvalue weighted by molar-refractivity contribution is 0.414. The fourth-order valence-corrected chi connectivity index (χ4v) is 2.92. The first-order valence-corrected chi connectivity index (χ1v) is 7.96. The molecule has 1 heterocycles. The molecule has 21 heavy (non-hydrogen) atoms. The summed E-state index contributed by atoms with van der Waals surface area (Å²) in [5.74, 6) is 0.726. The molecule has 0 fully saturated rings. The van der Waals surface area contributed by atoms with Gasteiger partial charge in [-0.05, 0) is 29.8 Å². The average Bonchev–Trinajstić information content (AvgIpc) is 2.48. The second-order valence-corrected chi connectivity index (χ2v) is 6.85. The van der Waals surface area contributed by atoms with Crippen molar-refractivity contribution >= 4 is 21.6 Å². The molecule has 1 aromatic heterocycles. The lowest BCUT2D eigenvalue weighted by Crippen LogP contribution is -2.27. The molecule has 0 bridgehead atoms. The van der Waals surface area contributed by atoms with Gasteiger partial charge in [-0.3, -0.25) is 0 Å². The van der Waals surface area contributed by atoms with Gasteiger partial charge < -0.3 is 4.74 Å². The Balaban J connectivity index is 2.17. The highest BCUT2D eigenvalue weighted by molar-refractivity contribution is 7.89. The highest BCUT2D eigenvalue weighted by Crippen LogP contribution is 2.18. The van der Waals surface area contributed by atoms with E-state index in [1.165, 1.54) is 29.7 Å². The molecule has 5 nitrogen and oxygen atoms in total. The van der Waals surface area contributed by atoms with Crippen molar-refractivity contribution in [1.82, 2.24) is 9.29 Å². The van der Waals surface area contributed by atoms with E-state index in [0.29, 0.717) is 5.02 Å². The van der Waals surface area contributed by atoms with E-state index in [1.807, 2.05) is 12.1 Å². The van der Waals surface area contributed by atoms with Crippen molar-refractivity contribution in [3.05, 3.63) is 53.2 Å². The molecule has 0 aliphatic carbocycles. The molecule has 2 aromatic rings. The number of pyridine rings is 1. The van der Waals surface area contributed by atoms with Crippen LogP contribution in [-0.2, 0) is 16.6 Å². The Morgan fingerprint density at radius 1 is 1.19 bits per heavy atom. The van der Waals surface area contributed by atoms with Gasteiger partial charge in [-0.15, -0.1) is 0 Å². The van der Waals surface area contributed by atoms with Crippen LogP contribution in [0.25, 0.3) is 0 Å². The van der Waals surface area contributed by atoms with Crippen molar-refractivity contribution in [2.45, 2.75) is 11.6 Å². The molecule has 2 rings (SSSR count). The third-order valence-corrected chi connectivity index (χ3v) is 4.88. The van der Waals surface area contributed by atoms with Crippen molar-refractivity contribution in [3.63, 3.8) is 0 Å². The average molecular weight is 327 g/mol. The molecule has 112 valence electrons. The predicted octanol–water partition coefficient (Wildman–Crippen LogP) is 2.56. The van der Waals surface area contributed by atoms with Gasteiger partial charge in [-0.2, -0.15) is 4.31 Å². The number of benzene rings is 1. The largest absolute Gasteiger partial charge is 0.497 e. The van der Waals surface area contributed by atoms with E-state index in [1.54, 1.807) is 19.2 Å². The minimum Gasteiger partial charge on any atom is -0.497 e. The maximum atomic E-state index is 12.4. The van der Waals surface area contributed by atoms with Gasteiger partial charge in [0.1, 0.15) is 5.75 Å². The second-order valence-electron chi connectivity index (χ2n) is 4.42. The van der Waals surface area contributed by atoms with Crippen LogP contribution in [0.1, 0.15) is 5.56 Å². The Kier molecular flexibility index (Phi) is 4.82. The summed E-state index contributed by atoms with van der Waals surface area (Å²) < 4.78 is 31.0. The number of methoxy groups -OCH3 is 1. The molecular formula is C14H15ClN2O3S. The molecule has 0 amide bonds. The maximum Gasteiger partial charge on any atom is 0.260 e. The minimum absolute atomic E-state index is 0.0251. The summed E-state index contributed by atoms with van der Waals surface area (Å²) in [6.07, 6.45) is 1.32. The van der Waals surface area contributed by atoms with Crippen molar-refractivity contribution in [3.8, 4) is 5.75 Å². The first-order chi connectivity index (χ1) is 9.93. The van der Waals surface area contributed by atoms with E-state index in [2.05, 4.69) is 4.98 Å². The summed E-state index contributed by atoms with van der Waals surface area (Å²) in [7, 11) is -0.546. The van der Waals surface area contributed by atoms with Crippen LogP contribution in [0.5, 0.6) is 5.75 Å². The number of halogens is 1. The number of hydrogen-bond acceptors (Lipinski definition) is 4. The molecule has 0 atom stereocenters. The zero-order chi connectivity index (χ0) is 15.5. The quantitative estimate of drug-likeness (QED) is 0.847. The van der Waals surface area contributed by atoms with E-state index in [-0.39, 0.29) is 11.6 Å². The van der Waals surface area contributed by atoms with Crippen molar-refractivity contribution in [1.29, 1.82) is 0 Å².